The summed E-state index contributed by atoms with van der Waals surface area (Å²) < 4.78 is 0.867. The molecular formula is C12H17ClN2S2. The van der Waals surface area contributed by atoms with E-state index in [2.05, 4.69) is 30.2 Å². The van der Waals surface area contributed by atoms with E-state index in [1.165, 1.54) is 4.88 Å². The predicted octanol–water partition coefficient (Wildman–Crippen LogP) is 3.66. The molecular weight excluding hydrogens is 272 g/mol. The molecule has 0 radical (unpaired) electrons. The van der Waals surface area contributed by atoms with Crippen molar-refractivity contribution >= 4 is 39.9 Å². The summed E-state index contributed by atoms with van der Waals surface area (Å²) in [6, 6.07) is 4.05. The number of thioether (sulfide) groups is 1. The Hall–Kier alpha value is -0.190. The predicted molar refractivity (Wildman–Crippen MR) is 79.6 cm³/mol. The molecule has 0 spiro atoms. The Bertz CT molecular complexity index is 412. The SMILES string of the molecule is CC1(C)CN=C(NCCc2ccc(Cl)s2)SC1. The summed E-state index contributed by atoms with van der Waals surface area (Å²) in [5, 5.41) is 4.48. The minimum absolute atomic E-state index is 0.344. The van der Waals surface area contributed by atoms with Crippen LogP contribution in [0.1, 0.15) is 18.7 Å². The van der Waals surface area contributed by atoms with Crippen molar-refractivity contribution in [2.24, 2.45) is 10.4 Å². The molecule has 2 rings (SSSR count). The molecule has 94 valence electrons. The second-order valence-corrected chi connectivity index (χ2v) is 7.72. The molecule has 0 fully saturated rings. The first-order valence-electron chi connectivity index (χ1n) is 5.70. The van der Waals surface area contributed by atoms with E-state index in [1.807, 2.05) is 17.8 Å². The number of thiophene rings is 1. The summed E-state index contributed by atoms with van der Waals surface area (Å²) >= 11 is 9.37. The van der Waals surface area contributed by atoms with E-state index in [0.717, 1.165) is 34.8 Å². The molecule has 0 bridgehead atoms. The first-order chi connectivity index (χ1) is 8.05. The van der Waals surface area contributed by atoms with Crippen molar-refractivity contribution in [3.63, 3.8) is 0 Å². The average Bonchev–Trinajstić information content (AvgIpc) is 2.67. The Morgan fingerprint density at radius 2 is 2.29 bits per heavy atom. The molecule has 0 aliphatic carbocycles. The largest absolute Gasteiger partial charge is 0.365 e. The van der Waals surface area contributed by atoms with E-state index >= 15 is 0 Å². The lowest BCUT2D eigenvalue weighted by atomic mass is 9.97. The normalized spacial score (nSPS) is 18.9. The van der Waals surface area contributed by atoms with E-state index < -0.39 is 0 Å². The van der Waals surface area contributed by atoms with Crippen LogP contribution in [-0.2, 0) is 6.42 Å². The van der Waals surface area contributed by atoms with Crippen LogP contribution in [0.25, 0.3) is 0 Å². The molecule has 0 saturated carbocycles. The third-order valence-electron chi connectivity index (χ3n) is 2.53. The van der Waals surface area contributed by atoms with Crippen molar-refractivity contribution < 1.29 is 0 Å². The lowest BCUT2D eigenvalue weighted by Gasteiger charge is -2.27. The molecule has 1 N–H and O–H groups in total. The van der Waals surface area contributed by atoms with Crippen LogP contribution in [0.2, 0.25) is 4.34 Å². The topological polar surface area (TPSA) is 24.4 Å². The molecule has 17 heavy (non-hydrogen) atoms. The van der Waals surface area contributed by atoms with Gasteiger partial charge in [-0.25, -0.2) is 0 Å². The highest BCUT2D eigenvalue weighted by Gasteiger charge is 2.22. The van der Waals surface area contributed by atoms with Gasteiger partial charge in [0.25, 0.3) is 0 Å². The highest BCUT2D eigenvalue weighted by Crippen LogP contribution is 2.27. The van der Waals surface area contributed by atoms with Crippen molar-refractivity contribution in [2.45, 2.75) is 20.3 Å². The summed E-state index contributed by atoms with van der Waals surface area (Å²) in [7, 11) is 0. The van der Waals surface area contributed by atoms with E-state index in [-0.39, 0.29) is 0 Å². The fourth-order valence-corrected chi connectivity index (χ4v) is 3.59. The monoisotopic (exact) mass is 288 g/mol. The molecule has 0 saturated heterocycles. The number of hydrogen-bond acceptors (Lipinski definition) is 4. The number of nitrogens with one attached hydrogen (secondary N) is 1. The van der Waals surface area contributed by atoms with Gasteiger partial charge in [-0.2, -0.15) is 0 Å². The zero-order valence-electron chi connectivity index (χ0n) is 10.1. The van der Waals surface area contributed by atoms with Crippen molar-refractivity contribution in [3.8, 4) is 0 Å². The molecule has 2 nitrogen and oxygen atoms in total. The maximum Gasteiger partial charge on any atom is 0.156 e. The molecule has 2 heterocycles. The minimum atomic E-state index is 0.344. The van der Waals surface area contributed by atoms with E-state index in [4.69, 9.17) is 11.6 Å². The van der Waals surface area contributed by atoms with Crippen LogP contribution in [0, 0.1) is 5.41 Å². The van der Waals surface area contributed by atoms with Gasteiger partial charge in [0, 0.05) is 23.7 Å². The van der Waals surface area contributed by atoms with E-state index in [0.29, 0.717) is 5.41 Å². The van der Waals surface area contributed by atoms with Gasteiger partial charge in [-0.05, 0) is 24.0 Å². The first kappa shape index (κ1) is 13.2. The Labute approximate surface area is 116 Å². The highest BCUT2D eigenvalue weighted by molar-refractivity contribution is 8.13. The first-order valence-corrected chi connectivity index (χ1v) is 7.88. The summed E-state index contributed by atoms with van der Waals surface area (Å²) in [6.07, 6.45) is 1.01. The van der Waals surface area contributed by atoms with Gasteiger partial charge in [-0.3, -0.25) is 4.99 Å². The molecule has 0 aromatic carbocycles. The Morgan fingerprint density at radius 3 is 2.88 bits per heavy atom. The van der Waals surface area contributed by atoms with E-state index in [9.17, 15) is 0 Å². The number of amidine groups is 1. The Balaban J connectivity index is 1.74. The number of hydrogen-bond donors (Lipinski definition) is 1. The fourth-order valence-electron chi connectivity index (χ4n) is 1.53. The van der Waals surface area contributed by atoms with Crippen molar-refractivity contribution in [3.05, 3.63) is 21.3 Å². The quantitative estimate of drug-likeness (QED) is 0.918. The van der Waals surface area contributed by atoms with Crippen molar-refractivity contribution in [1.29, 1.82) is 0 Å². The third kappa shape index (κ3) is 4.19. The third-order valence-corrected chi connectivity index (χ3v) is 5.29. The molecule has 1 aliphatic rings. The molecule has 0 amide bonds. The Morgan fingerprint density at radius 1 is 1.47 bits per heavy atom. The molecule has 1 aliphatic heterocycles. The van der Waals surface area contributed by atoms with Gasteiger partial charge >= 0.3 is 0 Å². The smallest absolute Gasteiger partial charge is 0.156 e. The number of halogens is 1. The minimum Gasteiger partial charge on any atom is -0.365 e. The zero-order valence-corrected chi connectivity index (χ0v) is 12.5. The van der Waals surface area contributed by atoms with E-state index in [1.54, 1.807) is 11.3 Å². The van der Waals surface area contributed by atoms with Gasteiger partial charge in [-0.15, -0.1) is 11.3 Å². The summed E-state index contributed by atoms with van der Waals surface area (Å²) in [6.45, 7) is 6.37. The number of aliphatic imine (C=N–C) groups is 1. The van der Waals surface area contributed by atoms with Crippen LogP contribution in [0.15, 0.2) is 17.1 Å². The van der Waals surface area contributed by atoms with Crippen molar-refractivity contribution in [1.82, 2.24) is 5.32 Å². The van der Waals surface area contributed by atoms with Gasteiger partial charge in [0.15, 0.2) is 5.17 Å². The maximum atomic E-state index is 5.89. The van der Waals surface area contributed by atoms with Crippen LogP contribution < -0.4 is 5.32 Å². The molecule has 1 aromatic heterocycles. The van der Waals surface area contributed by atoms with Crippen LogP contribution in [0.3, 0.4) is 0 Å². The molecule has 0 unspecified atom stereocenters. The van der Waals surface area contributed by atoms with Crippen LogP contribution >= 0.6 is 34.7 Å². The standard InChI is InChI=1S/C12H17ClN2S2/c1-12(2)7-15-11(16-8-12)14-6-5-9-3-4-10(13)17-9/h3-4H,5-8H2,1-2H3,(H,14,15). The zero-order chi connectivity index (χ0) is 12.3. The number of rotatable bonds is 3. The lowest BCUT2D eigenvalue weighted by molar-refractivity contribution is 0.437. The lowest BCUT2D eigenvalue weighted by Crippen LogP contribution is -2.32. The second-order valence-electron chi connectivity index (χ2n) is 4.96. The van der Waals surface area contributed by atoms with Gasteiger partial charge in [0.1, 0.15) is 0 Å². The van der Waals surface area contributed by atoms with Gasteiger partial charge in [-0.1, -0.05) is 37.2 Å². The van der Waals surface area contributed by atoms with Crippen LogP contribution in [-0.4, -0.2) is 24.0 Å². The highest BCUT2D eigenvalue weighted by atomic mass is 35.5. The van der Waals surface area contributed by atoms with Crippen LogP contribution in [0.5, 0.6) is 0 Å². The fraction of sp³-hybridized carbons (Fsp3) is 0.583. The second kappa shape index (κ2) is 5.63. The summed E-state index contributed by atoms with van der Waals surface area (Å²) in [4.78, 5) is 5.89. The van der Waals surface area contributed by atoms with Gasteiger partial charge in [0.2, 0.25) is 0 Å². The maximum absolute atomic E-state index is 5.89. The molecule has 1 aromatic rings. The van der Waals surface area contributed by atoms with Gasteiger partial charge < -0.3 is 5.32 Å². The van der Waals surface area contributed by atoms with Crippen LogP contribution in [0.4, 0.5) is 0 Å². The molecule has 5 heteroatoms. The van der Waals surface area contributed by atoms with Gasteiger partial charge in [0.05, 0.1) is 4.34 Å². The summed E-state index contributed by atoms with van der Waals surface area (Å²) in [5.41, 5.74) is 0.344. The molecule has 0 atom stereocenters. The number of nitrogens with zero attached hydrogens (tertiary/aromatic N) is 1. The van der Waals surface area contributed by atoms with Crippen molar-refractivity contribution in [2.75, 3.05) is 18.8 Å². The summed E-state index contributed by atoms with van der Waals surface area (Å²) in [5.74, 6) is 1.14. The Kier molecular flexibility index (Phi) is 4.39. The average molecular weight is 289 g/mol.